The molecule has 1 aliphatic rings. The van der Waals surface area contributed by atoms with E-state index in [1.54, 1.807) is 0 Å². The van der Waals surface area contributed by atoms with Crippen molar-refractivity contribution in [3.63, 3.8) is 0 Å². The number of ether oxygens (including phenoxy) is 1. The van der Waals surface area contributed by atoms with E-state index in [0.717, 1.165) is 24.1 Å². The Balaban J connectivity index is 1.68. The molecule has 1 fully saturated rings. The molecule has 0 radical (unpaired) electrons. The van der Waals surface area contributed by atoms with Gasteiger partial charge in [-0.3, -0.25) is 10.1 Å². The van der Waals surface area contributed by atoms with E-state index in [1.165, 1.54) is 0 Å². The maximum Gasteiger partial charge on any atom is 0.238 e. The third-order valence-corrected chi connectivity index (χ3v) is 4.64. The van der Waals surface area contributed by atoms with Crippen LogP contribution in [0.1, 0.15) is 18.4 Å². The molecule has 4 nitrogen and oxygen atoms in total. The van der Waals surface area contributed by atoms with Gasteiger partial charge in [0, 0.05) is 29.5 Å². The molecule has 1 amide bonds. The molecule has 2 aromatic carbocycles. The highest BCUT2D eigenvalue weighted by Gasteiger charge is 2.34. The van der Waals surface area contributed by atoms with Crippen LogP contribution in [0.5, 0.6) is 0 Å². The van der Waals surface area contributed by atoms with Gasteiger partial charge in [0.15, 0.2) is 0 Å². The summed E-state index contributed by atoms with van der Waals surface area (Å²) >= 11 is 6.00. The highest BCUT2D eigenvalue weighted by Crippen LogP contribution is 2.32. The van der Waals surface area contributed by atoms with Crippen molar-refractivity contribution in [1.82, 2.24) is 5.32 Å². The van der Waals surface area contributed by atoms with Crippen LogP contribution in [0.2, 0.25) is 5.02 Å². The molecule has 0 atom stereocenters. The van der Waals surface area contributed by atoms with Crippen molar-refractivity contribution in [2.75, 3.05) is 25.1 Å². The van der Waals surface area contributed by atoms with Crippen molar-refractivity contribution in [3.05, 3.63) is 65.2 Å². The predicted molar refractivity (Wildman–Crippen MR) is 96.3 cm³/mol. The number of anilines is 1. The van der Waals surface area contributed by atoms with Crippen LogP contribution < -0.4 is 10.6 Å². The summed E-state index contributed by atoms with van der Waals surface area (Å²) in [5.74, 6) is -0.0546. The van der Waals surface area contributed by atoms with Crippen LogP contribution in [0, 0.1) is 0 Å². The average molecular weight is 345 g/mol. The first-order valence-corrected chi connectivity index (χ1v) is 8.49. The zero-order valence-electron chi connectivity index (χ0n) is 13.4. The highest BCUT2D eigenvalue weighted by molar-refractivity contribution is 6.30. The molecule has 3 rings (SSSR count). The lowest BCUT2D eigenvalue weighted by Gasteiger charge is -2.38. The Labute approximate surface area is 147 Å². The highest BCUT2D eigenvalue weighted by atomic mass is 35.5. The molecule has 1 aliphatic heterocycles. The summed E-state index contributed by atoms with van der Waals surface area (Å²) in [6, 6.07) is 17.3. The van der Waals surface area contributed by atoms with Crippen LogP contribution >= 0.6 is 11.6 Å². The SMILES string of the molecule is O=C(CNC1(c2ccc(Cl)cc2)CCOCC1)Nc1ccccc1. The van der Waals surface area contributed by atoms with E-state index in [1.807, 2.05) is 54.6 Å². The molecule has 0 spiro atoms. The Morgan fingerprint density at radius 2 is 1.71 bits per heavy atom. The zero-order chi connectivity index (χ0) is 16.8. The fraction of sp³-hybridized carbons (Fsp3) is 0.316. The van der Waals surface area contributed by atoms with Gasteiger partial charge in [-0.15, -0.1) is 0 Å². The monoisotopic (exact) mass is 344 g/mol. The largest absolute Gasteiger partial charge is 0.381 e. The predicted octanol–water partition coefficient (Wildman–Crippen LogP) is 3.57. The fourth-order valence-corrected chi connectivity index (χ4v) is 3.16. The summed E-state index contributed by atoms with van der Waals surface area (Å²) in [6.07, 6.45) is 1.65. The van der Waals surface area contributed by atoms with E-state index in [0.29, 0.717) is 18.2 Å². The van der Waals surface area contributed by atoms with E-state index in [9.17, 15) is 4.79 Å². The van der Waals surface area contributed by atoms with Gasteiger partial charge in [0.25, 0.3) is 0 Å². The summed E-state index contributed by atoms with van der Waals surface area (Å²) in [5.41, 5.74) is 1.69. The number of benzene rings is 2. The van der Waals surface area contributed by atoms with Crippen molar-refractivity contribution in [1.29, 1.82) is 0 Å². The molecular weight excluding hydrogens is 324 g/mol. The number of carbonyl (C=O) groups excluding carboxylic acids is 1. The number of rotatable bonds is 5. The van der Waals surface area contributed by atoms with Crippen LogP contribution in [0.4, 0.5) is 5.69 Å². The molecule has 0 unspecified atom stereocenters. The third kappa shape index (κ3) is 4.15. The maximum absolute atomic E-state index is 12.3. The molecule has 2 aromatic rings. The van der Waals surface area contributed by atoms with Crippen molar-refractivity contribution < 1.29 is 9.53 Å². The van der Waals surface area contributed by atoms with Crippen molar-refractivity contribution in [3.8, 4) is 0 Å². The van der Waals surface area contributed by atoms with Gasteiger partial charge in [-0.25, -0.2) is 0 Å². The Morgan fingerprint density at radius 1 is 1.04 bits per heavy atom. The molecular formula is C19H21ClN2O2. The van der Waals surface area contributed by atoms with E-state index in [-0.39, 0.29) is 18.0 Å². The number of para-hydroxylation sites is 1. The van der Waals surface area contributed by atoms with Gasteiger partial charge in [0.2, 0.25) is 5.91 Å². The Kier molecular flexibility index (Phi) is 5.51. The first kappa shape index (κ1) is 17.0. The molecule has 24 heavy (non-hydrogen) atoms. The van der Waals surface area contributed by atoms with Crippen molar-refractivity contribution in [2.24, 2.45) is 0 Å². The molecule has 5 heteroatoms. The second-order valence-electron chi connectivity index (χ2n) is 5.97. The number of halogens is 1. The molecule has 2 N–H and O–H groups in total. The summed E-state index contributed by atoms with van der Waals surface area (Å²) in [6.45, 7) is 1.60. The first-order valence-electron chi connectivity index (χ1n) is 8.12. The first-order chi connectivity index (χ1) is 11.7. The van der Waals surface area contributed by atoms with Crippen molar-refractivity contribution >= 4 is 23.2 Å². The Bertz CT molecular complexity index is 668. The van der Waals surface area contributed by atoms with E-state index >= 15 is 0 Å². The van der Waals surface area contributed by atoms with Crippen LogP contribution in [-0.4, -0.2) is 25.7 Å². The lowest BCUT2D eigenvalue weighted by molar-refractivity contribution is -0.116. The second-order valence-corrected chi connectivity index (χ2v) is 6.41. The molecule has 1 saturated heterocycles. The molecule has 126 valence electrons. The maximum atomic E-state index is 12.3. The van der Waals surface area contributed by atoms with Crippen molar-refractivity contribution in [2.45, 2.75) is 18.4 Å². The topological polar surface area (TPSA) is 50.4 Å². The minimum absolute atomic E-state index is 0.0546. The minimum atomic E-state index is -0.253. The summed E-state index contributed by atoms with van der Waals surface area (Å²) in [4.78, 5) is 12.3. The molecule has 0 aromatic heterocycles. The van der Waals surface area contributed by atoms with Gasteiger partial charge >= 0.3 is 0 Å². The van der Waals surface area contributed by atoms with E-state index in [4.69, 9.17) is 16.3 Å². The number of hydrogen-bond acceptors (Lipinski definition) is 3. The lowest BCUT2D eigenvalue weighted by atomic mass is 9.82. The summed E-state index contributed by atoms with van der Waals surface area (Å²) < 4.78 is 5.51. The van der Waals surface area contributed by atoms with Crippen LogP contribution in [0.15, 0.2) is 54.6 Å². The summed E-state index contributed by atoms with van der Waals surface area (Å²) in [7, 11) is 0. The van der Waals surface area contributed by atoms with Gasteiger partial charge in [-0.2, -0.15) is 0 Å². The van der Waals surface area contributed by atoms with Gasteiger partial charge in [0.05, 0.1) is 6.54 Å². The molecule has 1 heterocycles. The lowest BCUT2D eigenvalue weighted by Crippen LogP contribution is -2.49. The van der Waals surface area contributed by atoms with Gasteiger partial charge < -0.3 is 10.1 Å². The smallest absolute Gasteiger partial charge is 0.238 e. The third-order valence-electron chi connectivity index (χ3n) is 4.39. The zero-order valence-corrected chi connectivity index (χ0v) is 14.2. The number of carbonyl (C=O) groups is 1. The molecule has 0 bridgehead atoms. The second kappa shape index (κ2) is 7.79. The fourth-order valence-electron chi connectivity index (χ4n) is 3.03. The van der Waals surface area contributed by atoms with Gasteiger partial charge in [-0.1, -0.05) is 41.9 Å². The minimum Gasteiger partial charge on any atom is -0.381 e. The average Bonchev–Trinajstić information content (AvgIpc) is 2.62. The number of amides is 1. The van der Waals surface area contributed by atoms with Crippen LogP contribution in [0.25, 0.3) is 0 Å². The van der Waals surface area contributed by atoms with E-state index < -0.39 is 0 Å². The molecule has 0 aliphatic carbocycles. The summed E-state index contributed by atoms with van der Waals surface area (Å²) in [5, 5.41) is 7.07. The van der Waals surface area contributed by atoms with E-state index in [2.05, 4.69) is 10.6 Å². The quantitative estimate of drug-likeness (QED) is 0.871. The Morgan fingerprint density at radius 3 is 2.38 bits per heavy atom. The van der Waals surface area contributed by atoms with Crippen LogP contribution in [-0.2, 0) is 15.1 Å². The standard InChI is InChI=1S/C19H21ClN2O2/c20-16-8-6-15(7-9-16)19(10-12-24-13-11-19)21-14-18(23)22-17-4-2-1-3-5-17/h1-9,21H,10-14H2,(H,22,23). The van der Waals surface area contributed by atoms with Gasteiger partial charge in [-0.05, 0) is 42.7 Å². The van der Waals surface area contributed by atoms with Crippen LogP contribution in [0.3, 0.4) is 0 Å². The Hall–Kier alpha value is -1.88. The number of hydrogen-bond donors (Lipinski definition) is 2. The normalized spacial score (nSPS) is 16.5. The number of nitrogens with one attached hydrogen (secondary N) is 2. The molecule has 0 saturated carbocycles. The van der Waals surface area contributed by atoms with Gasteiger partial charge in [0.1, 0.15) is 0 Å².